The van der Waals surface area contributed by atoms with Gasteiger partial charge < -0.3 is 5.73 Å². The molecule has 1 nitrogen and oxygen atoms in total. The number of hydrogen-bond donors (Lipinski definition) is 1. The zero-order valence-corrected chi connectivity index (χ0v) is 11.5. The van der Waals surface area contributed by atoms with Crippen molar-refractivity contribution in [2.45, 2.75) is 0 Å². The second-order valence-corrected chi connectivity index (χ2v) is 5.49. The molecular weight excluding hydrogens is 266 g/mol. The number of hydrogen-bond acceptors (Lipinski definition) is 1. The molecule has 0 radical (unpaired) electrons. The summed E-state index contributed by atoms with van der Waals surface area (Å²) in [5, 5.41) is 7.64. The minimum Gasteiger partial charge on any atom is -0.397 e. The van der Waals surface area contributed by atoms with Crippen molar-refractivity contribution in [3.8, 4) is 0 Å². The molecule has 0 spiro atoms. The molecule has 0 aliphatic rings. The molecule has 2 N–H and O–H groups in total. The molecule has 0 unspecified atom stereocenters. The van der Waals surface area contributed by atoms with Crippen molar-refractivity contribution in [1.29, 1.82) is 0 Å². The highest BCUT2D eigenvalue weighted by Gasteiger charge is 2.05. The molecule has 0 saturated carbocycles. The smallest absolute Gasteiger partial charge is 0.0642 e. The van der Waals surface area contributed by atoms with Crippen LogP contribution in [0.4, 0.5) is 5.69 Å². The van der Waals surface area contributed by atoms with Crippen LogP contribution < -0.4 is 5.73 Å². The summed E-state index contributed by atoms with van der Waals surface area (Å²) in [4.78, 5) is 0. The van der Waals surface area contributed by atoms with Crippen LogP contribution in [-0.2, 0) is 0 Å². The lowest BCUT2D eigenvalue weighted by Crippen LogP contribution is -1.88. The summed E-state index contributed by atoms with van der Waals surface area (Å²) < 4.78 is 0. The van der Waals surface area contributed by atoms with Gasteiger partial charge in [0, 0.05) is 5.39 Å². The Kier molecular flexibility index (Phi) is 2.38. The fourth-order valence-corrected chi connectivity index (χ4v) is 2.93. The predicted octanol–water partition coefficient (Wildman–Crippen LogP) is 5.38. The normalized spacial score (nSPS) is 11.4. The Morgan fingerprint density at radius 1 is 0.650 bits per heavy atom. The van der Waals surface area contributed by atoms with Gasteiger partial charge in [0.25, 0.3) is 0 Å². The summed E-state index contributed by atoms with van der Waals surface area (Å²) in [5.74, 6) is 0. The highest BCUT2D eigenvalue weighted by Crippen LogP contribution is 2.33. The fraction of sp³-hybridized carbons (Fsp3) is 0. The quantitative estimate of drug-likeness (QED) is 0.339. The van der Waals surface area contributed by atoms with E-state index in [4.69, 9.17) is 17.3 Å². The van der Waals surface area contributed by atoms with Crippen LogP contribution >= 0.6 is 11.6 Å². The summed E-state index contributed by atoms with van der Waals surface area (Å²) >= 11 is 6.11. The lowest BCUT2D eigenvalue weighted by molar-refractivity contribution is 1.75. The summed E-state index contributed by atoms with van der Waals surface area (Å²) in [6, 6.07) is 21.0. The standard InChI is InChI=1S/C18H12ClN/c19-17-6-5-13-9-14-7-11-3-1-2-4-12(11)8-15(14)10-16(13)18(17)20/h1-10H,20H2. The molecule has 0 saturated heterocycles. The number of halogens is 1. The van der Waals surface area contributed by atoms with E-state index in [1.807, 2.05) is 12.1 Å². The van der Waals surface area contributed by atoms with Crippen molar-refractivity contribution in [1.82, 2.24) is 0 Å². The number of rotatable bonds is 0. The van der Waals surface area contributed by atoms with Crippen LogP contribution in [0.3, 0.4) is 0 Å². The molecule has 0 bridgehead atoms. The van der Waals surface area contributed by atoms with Gasteiger partial charge in [0.05, 0.1) is 10.7 Å². The van der Waals surface area contributed by atoms with Gasteiger partial charge in [0.1, 0.15) is 0 Å². The Bertz CT molecular complexity index is 973. The van der Waals surface area contributed by atoms with Crippen molar-refractivity contribution >= 4 is 49.6 Å². The van der Waals surface area contributed by atoms with Crippen molar-refractivity contribution in [3.63, 3.8) is 0 Å². The van der Waals surface area contributed by atoms with E-state index in [0.29, 0.717) is 10.7 Å². The van der Waals surface area contributed by atoms with Crippen molar-refractivity contribution in [2.75, 3.05) is 5.73 Å². The maximum atomic E-state index is 6.11. The molecule has 4 aromatic rings. The number of fused-ring (bicyclic) bond motifs is 3. The first kappa shape index (κ1) is 11.6. The van der Waals surface area contributed by atoms with Crippen LogP contribution in [0.5, 0.6) is 0 Å². The Morgan fingerprint density at radius 2 is 1.25 bits per heavy atom. The summed E-state index contributed by atoms with van der Waals surface area (Å²) in [6.07, 6.45) is 0. The number of nitrogen functional groups attached to an aromatic ring is 1. The van der Waals surface area contributed by atoms with Crippen LogP contribution in [0.2, 0.25) is 5.02 Å². The first-order valence-corrected chi connectivity index (χ1v) is 6.90. The molecule has 96 valence electrons. The van der Waals surface area contributed by atoms with Crippen molar-refractivity contribution in [3.05, 3.63) is 65.7 Å². The molecule has 0 aromatic heterocycles. The van der Waals surface area contributed by atoms with E-state index >= 15 is 0 Å². The van der Waals surface area contributed by atoms with E-state index in [0.717, 1.165) is 10.8 Å². The van der Waals surface area contributed by atoms with E-state index in [1.165, 1.54) is 21.5 Å². The Hall–Kier alpha value is -2.25. The second-order valence-electron chi connectivity index (χ2n) is 5.08. The van der Waals surface area contributed by atoms with E-state index in [2.05, 4.69) is 48.5 Å². The molecule has 0 atom stereocenters. The van der Waals surface area contributed by atoms with Crippen LogP contribution in [-0.4, -0.2) is 0 Å². The molecular formula is C18H12ClN. The molecule has 20 heavy (non-hydrogen) atoms. The third-order valence-electron chi connectivity index (χ3n) is 3.83. The topological polar surface area (TPSA) is 26.0 Å². The van der Waals surface area contributed by atoms with Gasteiger partial charge in [-0.3, -0.25) is 0 Å². The van der Waals surface area contributed by atoms with E-state index in [9.17, 15) is 0 Å². The highest BCUT2D eigenvalue weighted by molar-refractivity contribution is 6.34. The number of benzene rings is 4. The van der Waals surface area contributed by atoms with E-state index in [1.54, 1.807) is 0 Å². The zero-order chi connectivity index (χ0) is 13.7. The molecule has 4 aromatic carbocycles. The average Bonchev–Trinajstić information content (AvgIpc) is 2.47. The van der Waals surface area contributed by atoms with Gasteiger partial charge >= 0.3 is 0 Å². The maximum Gasteiger partial charge on any atom is 0.0642 e. The van der Waals surface area contributed by atoms with Gasteiger partial charge in [0.2, 0.25) is 0 Å². The molecule has 0 amide bonds. The van der Waals surface area contributed by atoms with E-state index in [-0.39, 0.29) is 0 Å². The monoisotopic (exact) mass is 277 g/mol. The predicted molar refractivity (Wildman–Crippen MR) is 88.4 cm³/mol. The third-order valence-corrected chi connectivity index (χ3v) is 4.16. The number of anilines is 1. The van der Waals surface area contributed by atoms with Crippen LogP contribution in [0.1, 0.15) is 0 Å². The summed E-state index contributed by atoms with van der Waals surface area (Å²) in [6.45, 7) is 0. The second kappa shape index (κ2) is 4.12. The Balaban J connectivity index is 2.18. The first-order chi connectivity index (χ1) is 9.72. The average molecular weight is 278 g/mol. The van der Waals surface area contributed by atoms with E-state index < -0.39 is 0 Å². The van der Waals surface area contributed by atoms with Gasteiger partial charge in [-0.05, 0) is 57.3 Å². The summed E-state index contributed by atoms with van der Waals surface area (Å²) in [5.41, 5.74) is 6.74. The van der Waals surface area contributed by atoms with Crippen LogP contribution in [0.15, 0.2) is 60.7 Å². The van der Waals surface area contributed by atoms with Crippen LogP contribution in [0, 0.1) is 0 Å². The highest BCUT2D eigenvalue weighted by atomic mass is 35.5. The number of nitrogens with two attached hydrogens (primary N) is 1. The SMILES string of the molecule is Nc1c(Cl)ccc2cc3cc4ccccc4cc3cc12. The lowest BCUT2D eigenvalue weighted by atomic mass is 9.99. The lowest BCUT2D eigenvalue weighted by Gasteiger charge is -2.08. The third kappa shape index (κ3) is 1.64. The van der Waals surface area contributed by atoms with Crippen molar-refractivity contribution < 1.29 is 0 Å². The molecule has 0 aliphatic heterocycles. The first-order valence-electron chi connectivity index (χ1n) is 6.53. The molecule has 4 rings (SSSR count). The molecule has 0 aliphatic carbocycles. The molecule has 0 fully saturated rings. The van der Waals surface area contributed by atoms with Gasteiger partial charge in [-0.25, -0.2) is 0 Å². The molecule has 2 heteroatoms. The van der Waals surface area contributed by atoms with Crippen molar-refractivity contribution in [2.24, 2.45) is 0 Å². The minimum absolute atomic E-state index is 0.609. The zero-order valence-electron chi connectivity index (χ0n) is 10.7. The Morgan fingerprint density at radius 3 is 1.95 bits per heavy atom. The van der Waals surface area contributed by atoms with Gasteiger partial charge in [-0.1, -0.05) is 41.9 Å². The molecule has 0 heterocycles. The maximum absolute atomic E-state index is 6.11. The largest absolute Gasteiger partial charge is 0.397 e. The minimum atomic E-state index is 0.609. The summed E-state index contributed by atoms with van der Waals surface area (Å²) in [7, 11) is 0. The van der Waals surface area contributed by atoms with Crippen LogP contribution in [0.25, 0.3) is 32.3 Å². The van der Waals surface area contributed by atoms with Gasteiger partial charge in [0.15, 0.2) is 0 Å². The van der Waals surface area contributed by atoms with Gasteiger partial charge in [-0.15, -0.1) is 0 Å². The van der Waals surface area contributed by atoms with Gasteiger partial charge in [-0.2, -0.15) is 0 Å². The Labute approximate surface area is 121 Å². The fourth-order valence-electron chi connectivity index (χ4n) is 2.76.